The third-order valence-electron chi connectivity index (χ3n) is 5.31. The highest BCUT2D eigenvalue weighted by molar-refractivity contribution is 5.19. The maximum Gasteiger partial charge on any atom is 0.0431 e. The van der Waals surface area contributed by atoms with Crippen molar-refractivity contribution in [3.8, 4) is 0 Å². The number of nitrogens with one attached hydrogen (secondary N) is 1. The van der Waals surface area contributed by atoms with Gasteiger partial charge in [0.1, 0.15) is 0 Å². The third-order valence-corrected chi connectivity index (χ3v) is 5.31. The summed E-state index contributed by atoms with van der Waals surface area (Å²) >= 11 is 0. The van der Waals surface area contributed by atoms with E-state index in [1.165, 1.54) is 31.5 Å². The first kappa shape index (κ1) is 15.0. The fourth-order valence-electron chi connectivity index (χ4n) is 4.28. The normalized spacial score (nSPS) is 30.5. The van der Waals surface area contributed by atoms with Gasteiger partial charge in [-0.05, 0) is 50.1 Å². The molecular formula is C18H28N2O. The molecule has 0 radical (unpaired) electrons. The molecule has 1 saturated heterocycles. The Labute approximate surface area is 128 Å². The Morgan fingerprint density at radius 3 is 2.81 bits per heavy atom. The Morgan fingerprint density at radius 1 is 1.24 bits per heavy atom. The van der Waals surface area contributed by atoms with E-state index >= 15 is 0 Å². The fourth-order valence-corrected chi connectivity index (χ4v) is 4.28. The number of benzene rings is 1. The van der Waals surface area contributed by atoms with Gasteiger partial charge in [0.25, 0.3) is 0 Å². The van der Waals surface area contributed by atoms with E-state index in [1.54, 1.807) is 0 Å². The van der Waals surface area contributed by atoms with Crippen molar-refractivity contribution in [1.82, 2.24) is 10.2 Å². The van der Waals surface area contributed by atoms with E-state index in [0.717, 1.165) is 24.7 Å². The SMILES string of the molecule is CN1C[C@@H]2CCC(NC(CCCO)c3ccccc3)[C@@H]2C1. The van der Waals surface area contributed by atoms with E-state index in [1.807, 2.05) is 0 Å². The van der Waals surface area contributed by atoms with E-state index in [2.05, 4.69) is 47.6 Å². The Kier molecular flexibility index (Phi) is 4.94. The molecule has 3 heteroatoms. The summed E-state index contributed by atoms with van der Waals surface area (Å²) in [6.45, 7) is 2.80. The van der Waals surface area contributed by atoms with Crippen LogP contribution in [0.4, 0.5) is 0 Å². The van der Waals surface area contributed by atoms with E-state index < -0.39 is 0 Å². The molecule has 0 aromatic heterocycles. The molecule has 0 spiro atoms. The van der Waals surface area contributed by atoms with E-state index in [-0.39, 0.29) is 6.61 Å². The summed E-state index contributed by atoms with van der Waals surface area (Å²) in [6, 6.07) is 11.7. The standard InChI is InChI=1S/C18H28N2O/c1-20-12-15-9-10-18(16(15)13-20)19-17(8-5-11-21)14-6-3-2-4-7-14/h2-4,6-7,15-19,21H,5,8-13H2,1H3/t15-,16+,17?,18?/m0/s1. The molecule has 1 aliphatic heterocycles. The quantitative estimate of drug-likeness (QED) is 0.844. The van der Waals surface area contributed by atoms with Crippen LogP contribution in [0, 0.1) is 11.8 Å². The second-order valence-corrected chi connectivity index (χ2v) is 6.82. The van der Waals surface area contributed by atoms with Gasteiger partial charge in [-0.3, -0.25) is 0 Å². The summed E-state index contributed by atoms with van der Waals surface area (Å²) in [5.74, 6) is 1.71. The number of aliphatic hydroxyl groups is 1. The van der Waals surface area contributed by atoms with Crippen LogP contribution in [-0.2, 0) is 0 Å². The number of fused-ring (bicyclic) bond motifs is 1. The maximum atomic E-state index is 9.17. The van der Waals surface area contributed by atoms with Gasteiger partial charge in [-0.2, -0.15) is 0 Å². The van der Waals surface area contributed by atoms with Gasteiger partial charge < -0.3 is 15.3 Å². The van der Waals surface area contributed by atoms with Crippen LogP contribution in [0.25, 0.3) is 0 Å². The first-order valence-electron chi connectivity index (χ1n) is 8.38. The summed E-state index contributed by atoms with van der Waals surface area (Å²) in [5, 5.41) is 13.1. The largest absolute Gasteiger partial charge is 0.396 e. The highest BCUT2D eigenvalue weighted by atomic mass is 16.2. The number of nitrogens with zero attached hydrogens (tertiary/aromatic N) is 1. The van der Waals surface area contributed by atoms with Crippen molar-refractivity contribution < 1.29 is 5.11 Å². The van der Waals surface area contributed by atoms with Crippen molar-refractivity contribution in [2.24, 2.45) is 11.8 Å². The molecule has 0 amide bonds. The van der Waals surface area contributed by atoms with Crippen LogP contribution in [0.1, 0.15) is 37.3 Å². The molecule has 2 fully saturated rings. The average molecular weight is 288 g/mol. The van der Waals surface area contributed by atoms with Gasteiger partial charge in [-0.15, -0.1) is 0 Å². The Bertz CT molecular complexity index is 436. The minimum Gasteiger partial charge on any atom is -0.396 e. The van der Waals surface area contributed by atoms with Crippen molar-refractivity contribution in [3.63, 3.8) is 0 Å². The summed E-state index contributed by atoms with van der Waals surface area (Å²) < 4.78 is 0. The van der Waals surface area contributed by atoms with Gasteiger partial charge in [0.15, 0.2) is 0 Å². The predicted molar refractivity (Wildman–Crippen MR) is 86.1 cm³/mol. The smallest absolute Gasteiger partial charge is 0.0431 e. The topological polar surface area (TPSA) is 35.5 Å². The van der Waals surface area contributed by atoms with Crippen LogP contribution in [0.2, 0.25) is 0 Å². The van der Waals surface area contributed by atoms with Crippen LogP contribution in [-0.4, -0.2) is 42.8 Å². The zero-order valence-electron chi connectivity index (χ0n) is 13.0. The molecule has 3 nitrogen and oxygen atoms in total. The molecular weight excluding hydrogens is 260 g/mol. The lowest BCUT2D eigenvalue weighted by Crippen LogP contribution is -2.38. The molecule has 21 heavy (non-hydrogen) atoms. The monoisotopic (exact) mass is 288 g/mol. The van der Waals surface area contributed by atoms with Crippen LogP contribution < -0.4 is 5.32 Å². The summed E-state index contributed by atoms with van der Waals surface area (Å²) in [4.78, 5) is 2.48. The van der Waals surface area contributed by atoms with Gasteiger partial charge in [0.2, 0.25) is 0 Å². The van der Waals surface area contributed by atoms with Gasteiger partial charge in [-0.1, -0.05) is 30.3 Å². The molecule has 1 aliphatic carbocycles. The maximum absolute atomic E-state index is 9.17. The van der Waals surface area contributed by atoms with Crippen molar-refractivity contribution in [2.75, 3.05) is 26.7 Å². The molecule has 1 saturated carbocycles. The summed E-state index contributed by atoms with van der Waals surface area (Å²) in [6.07, 6.45) is 4.57. The number of hydrogen-bond acceptors (Lipinski definition) is 3. The van der Waals surface area contributed by atoms with Crippen LogP contribution in [0.15, 0.2) is 30.3 Å². The lowest BCUT2D eigenvalue weighted by Gasteiger charge is -2.27. The van der Waals surface area contributed by atoms with Gasteiger partial charge >= 0.3 is 0 Å². The first-order chi connectivity index (χ1) is 10.3. The zero-order chi connectivity index (χ0) is 14.7. The number of likely N-dealkylation sites (tertiary alicyclic amines) is 1. The van der Waals surface area contributed by atoms with Gasteiger partial charge in [-0.25, -0.2) is 0 Å². The molecule has 2 aliphatic rings. The molecule has 116 valence electrons. The molecule has 1 aromatic carbocycles. The van der Waals surface area contributed by atoms with Crippen molar-refractivity contribution in [3.05, 3.63) is 35.9 Å². The second-order valence-electron chi connectivity index (χ2n) is 6.82. The van der Waals surface area contributed by atoms with Crippen LogP contribution in [0.3, 0.4) is 0 Å². The van der Waals surface area contributed by atoms with Crippen molar-refractivity contribution in [2.45, 2.75) is 37.8 Å². The predicted octanol–water partition coefficient (Wildman–Crippen LogP) is 2.43. The van der Waals surface area contributed by atoms with Crippen molar-refractivity contribution in [1.29, 1.82) is 0 Å². The molecule has 0 bridgehead atoms. The lowest BCUT2D eigenvalue weighted by atomic mass is 9.95. The molecule has 3 rings (SSSR count). The van der Waals surface area contributed by atoms with E-state index in [4.69, 9.17) is 0 Å². The molecule has 2 unspecified atom stereocenters. The number of rotatable bonds is 6. The van der Waals surface area contributed by atoms with E-state index in [0.29, 0.717) is 12.1 Å². The summed E-state index contributed by atoms with van der Waals surface area (Å²) in [5.41, 5.74) is 1.36. The Morgan fingerprint density at radius 2 is 2.05 bits per heavy atom. The second kappa shape index (κ2) is 6.91. The number of aliphatic hydroxyl groups excluding tert-OH is 1. The molecule has 1 heterocycles. The van der Waals surface area contributed by atoms with Crippen LogP contribution in [0.5, 0.6) is 0 Å². The highest BCUT2D eigenvalue weighted by Gasteiger charge is 2.41. The molecule has 2 N–H and O–H groups in total. The Balaban J connectivity index is 1.67. The Hall–Kier alpha value is -0.900. The third kappa shape index (κ3) is 3.47. The minimum atomic E-state index is 0.282. The molecule has 4 atom stereocenters. The van der Waals surface area contributed by atoms with Gasteiger partial charge in [0, 0.05) is 31.8 Å². The summed E-state index contributed by atoms with van der Waals surface area (Å²) in [7, 11) is 2.25. The minimum absolute atomic E-state index is 0.282. The van der Waals surface area contributed by atoms with Gasteiger partial charge in [0.05, 0.1) is 0 Å². The average Bonchev–Trinajstić information content (AvgIpc) is 3.04. The van der Waals surface area contributed by atoms with Crippen molar-refractivity contribution >= 4 is 0 Å². The molecule has 1 aromatic rings. The van der Waals surface area contributed by atoms with Crippen LogP contribution >= 0.6 is 0 Å². The fraction of sp³-hybridized carbons (Fsp3) is 0.667. The van der Waals surface area contributed by atoms with E-state index in [9.17, 15) is 5.11 Å². The first-order valence-corrected chi connectivity index (χ1v) is 8.38. The number of hydrogen-bond donors (Lipinski definition) is 2. The zero-order valence-corrected chi connectivity index (χ0v) is 13.0. The lowest BCUT2D eigenvalue weighted by molar-refractivity contribution is 0.263. The highest BCUT2D eigenvalue weighted by Crippen LogP contribution is 2.38.